The summed E-state index contributed by atoms with van der Waals surface area (Å²) in [6.45, 7) is 7.80. The van der Waals surface area contributed by atoms with E-state index in [4.69, 9.17) is 0 Å². The third kappa shape index (κ3) is 3.95. The minimum Gasteiger partial charge on any atom is -0.481 e. The van der Waals surface area contributed by atoms with Crippen molar-refractivity contribution in [1.82, 2.24) is 9.80 Å². The topological polar surface area (TPSA) is 60.9 Å². The number of likely N-dealkylation sites (N-methyl/N-ethyl adjacent to an activating group) is 1. The smallest absolute Gasteiger partial charge is 0.309 e. The van der Waals surface area contributed by atoms with Gasteiger partial charge in [0.1, 0.15) is 0 Å². The Morgan fingerprint density at radius 2 is 1.85 bits per heavy atom. The lowest BCUT2D eigenvalue weighted by atomic mass is 9.75. The van der Waals surface area contributed by atoms with Crippen LogP contribution in [-0.4, -0.2) is 59.5 Å². The number of carboxylic acid groups (broad SMARTS) is 1. The quantitative estimate of drug-likeness (QED) is 0.808. The molecule has 0 atom stereocenters. The van der Waals surface area contributed by atoms with E-state index in [-0.39, 0.29) is 11.9 Å². The van der Waals surface area contributed by atoms with Crippen molar-refractivity contribution in [3.63, 3.8) is 0 Å². The molecule has 0 saturated carbocycles. The highest BCUT2D eigenvalue weighted by molar-refractivity contribution is 5.78. The van der Waals surface area contributed by atoms with Gasteiger partial charge < -0.3 is 10.0 Å². The van der Waals surface area contributed by atoms with E-state index in [0.717, 1.165) is 12.8 Å². The van der Waals surface area contributed by atoms with Crippen molar-refractivity contribution in [2.24, 2.45) is 5.41 Å². The minimum atomic E-state index is -0.676. The molecule has 116 valence electrons. The van der Waals surface area contributed by atoms with Gasteiger partial charge in [-0.2, -0.15) is 0 Å². The van der Waals surface area contributed by atoms with Crippen LogP contribution in [0.3, 0.4) is 0 Å². The van der Waals surface area contributed by atoms with Crippen LogP contribution in [0.2, 0.25) is 0 Å². The standard InChI is InChI=1S/C15H28N2O3/c1-5-6-15(14(19)20)7-9-17(10-8-15)11-13(18)16(4)12(2)3/h12H,5-11H2,1-4H3,(H,19,20). The van der Waals surface area contributed by atoms with Gasteiger partial charge in [0.05, 0.1) is 12.0 Å². The molecule has 0 aromatic carbocycles. The van der Waals surface area contributed by atoms with Gasteiger partial charge in [-0.25, -0.2) is 0 Å². The van der Waals surface area contributed by atoms with Gasteiger partial charge in [-0.15, -0.1) is 0 Å². The first-order valence-electron chi connectivity index (χ1n) is 7.54. The molecule has 20 heavy (non-hydrogen) atoms. The highest BCUT2D eigenvalue weighted by Crippen LogP contribution is 2.36. The average molecular weight is 284 g/mol. The third-order valence-corrected chi connectivity index (χ3v) is 4.52. The molecule has 1 amide bonds. The van der Waals surface area contributed by atoms with Crippen LogP contribution in [-0.2, 0) is 9.59 Å². The molecule has 1 aliphatic rings. The van der Waals surface area contributed by atoms with Gasteiger partial charge in [0.25, 0.3) is 0 Å². The lowest BCUT2D eigenvalue weighted by molar-refractivity contribution is -0.153. The van der Waals surface area contributed by atoms with Gasteiger partial charge in [0.2, 0.25) is 5.91 Å². The zero-order valence-electron chi connectivity index (χ0n) is 13.2. The van der Waals surface area contributed by atoms with Crippen LogP contribution in [0.1, 0.15) is 46.5 Å². The molecule has 0 radical (unpaired) electrons. The molecule has 1 heterocycles. The largest absolute Gasteiger partial charge is 0.481 e. The highest BCUT2D eigenvalue weighted by Gasteiger charge is 2.40. The second-order valence-electron chi connectivity index (χ2n) is 6.21. The second kappa shape index (κ2) is 7.07. The monoisotopic (exact) mass is 284 g/mol. The normalized spacial score (nSPS) is 19.1. The van der Waals surface area contributed by atoms with Crippen LogP contribution in [0.4, 0.5) is 0 Å². The molecule has 5 heteroatoms. The number of hydrogen-bond acceptors (Lipinski definition) is 3. The molecule has 1 N–H and O–H groups in total. The summed E-state index contributed by atoms with van der Waals surface area (Å²) in [6.07, 6.45) is 2.92. The van der Waals surface area contributed by atoms with E-state index in [2.05, 4.69) is 4.90 Å². The second-order valence-corrected chi connectivity index (χ2v) is 6.21. The Morgan fingerprint density at radius 1 is 1.30 bits per heavy atom. The molecule has 0 aliphatic carbocycles. The summed E-state index contributed by atoms with van der Waals surface area (Å²) < 4.78 is 0. The van der Waals surface area contributed by atoms with Crippen molar-refractivity contribution in [3.05, 3.63) is 0 Å². The van der Waals surface area contributed by atoms with Gasteiger partial charge in [-0.3, -0.25) is 14.5 Å². The van der Waals surface area contributed by atoms with Crippen LogP contribution in [0, 0.1) is 5.41 Å². The minimum absolute atomic E-state index is 0.110. The molecule has 5 nitrogen and oxygen atoms in total. The van der Waals surface area contributed by atoms with Crippen molar-refractivity contribution in [1.29, 1.82) is 0 Å². The maximum absolute atomic E-state index is 12.0. The van der Waals surface area contributed by atoms with E-state index in [1.54, 1.807) is 4.90 Å². The maximum Gasteiger partial charge on any atom is 0.309 e. The van der Waals surface area contributed by atoms with E-state index in [9.17, 15) is 14.7 Å². The fourth-order valence-electron chi connectivity index (χ4n) is 2.78. The Morgan fingerprint density at radius 3 is 2.25 bits per heavy atom. The Hall–Kier alpha value is -1.10. The number of hydrogen-bond donors (Lipinski definition) is 1. The van der Waals surface area contributed by atoms with Crippen LogP contribution in [0.5, 0.6) is 0 Å². The van der Waals surface area contributed by atoms with E-state index in [1.807, 2.05) is 27.8 Å². The van der Waals surface area contributed by atoms with Crippen LogP contribution in [0.25, 0.3) is 0 Å². The lowest BCUT2D eigenvalue weighted by Gasteiger charge is -2.39. The number of rotatable bonds is 6. The van der Waals surface area contributed by atoms with E-state index in [0.29, 0.717) is 32.5 Å². The first-order valence-corrected chi connectivity index (χ1v) is 7.54. The van der Waals surface area contributed by atoms with Crippen molar-refractivity contribution in [3.8, 4) is 0 Å². The number of carbonyl (C=O) groups is 2. The van der Waals surface area contributed by atoms with E-state index < -0.39 is 11.4 Å². The molecule has 1 saturated heterocycles. The number of likely N-dealkylation sites (tertiary alicyclic amines) is 1. The number of carboxylic acids is 1. The molecule has 0 spiro atoms. The van der Waals surface area contributed by atoms with Gasteiger partial charge in [-0.05, 0) is 46.2 Å². The Bertz CT molecular complexity index is 347. The van der Waals surface area contributed by atoms with Gasteiger partial charge in [-0.1, -0.05) is 13.3 Å². The van der Waals surface area contributed by atoms with Crippen molar-refractivity contribution >= 4 is 11.9 Å². The first-order chi connectivity index (χ1) is 9.32. The third-order valence-electron chi connectivity index (χ3n) is 4.52. The Kier molecular flexibility index (Phi) is 5.99. The Balaban J connectivity index is 2.53. The summed E-state index contributed by atoms with van der Waals surface area (Å²) in [4.78, 5) is 27.4. The average Bonchev–Trinajstić information content (AvgIpc) is 2.40. The molecule has 0 unspecified atom stereocenters. The number of piperidine rings is 1. The summed E-state index contributed by atoms with van der Waals surface area (Å²) in [5.41, 5.74) is -0.571. The summed E-state index contributed by atoms with van der Waals surface area (Å²) >= 11 is 0. The van der Waals surface area contributed by atoms with Crippen molar-refractivity contribution < 1.29 is 14.7 Å². The SMILES string of the molecule is CCCC1(C(=O)O)CCN(CC(=O)N(C)C(C)C)CC1. The lowest BCUT2D eigenvalue weighted by Crippen LogP contribution is -2.48. The predicted molar refractivity (Wildman–Crippen MR) is 78.6 cm³/mol. The van der Waals surface area contributed by atoms with E-state index >= 15 is 0 Å². The first kappa shape index (κ1) is 17.0. The van der Waals surface area contributed by atoms with Crippen molar-refractivity contribution in [2.75, 3.05) is 26.7 Å². The molecule has 1 rings (SSSR count). The van der Waals surface area contributed by atoms with Gasteiger partial charge in [0.15, 0.2) is 0 Å². The molecule has 0 aromatic rings. The van der Waals surface area contributed by atoms with Crippen molar-refractivity contribution in [2.45, 2.75) is 52.5 Å². The van der Waals surface area contributed by atoms with Crippen LogP contribution in [0.15, 0.2) is 0 Å². The van der Waals surface area contributed by atoms with Crippen LogP contribution >= 0.6 is 0 Å². The fraction of sp³-hybridized carbons (Fsp3) is 0.867. The number of amides is 1. The zero-order valence-corrected chi connectivity index (χ0v) is 13.2. The van der Waals surface area contributed by atoms with E-state index in [1.165, 1.54) is 0 Å². The highest BCUT2D eigenvalue weighted by atomic mass is 16.4. The molecule has 1 aliphatic heterocycles. The molecule has 0 aromatic heterocycles. The summed E-state index contributed by atoms with van der Waals surface area (Å²) in [5, 5.41) is 9.46. The molecular formula is C15H28N2O3. The summed E-state index contributed by atoms with van der Waals surface area (Å²) in [5.74, 6) is -0.567. The summed E-state index contributed by atoms with van der Waals surface area (Å²) in [7, 11) is 1.82. The van der Waals surface area contributed by atoms with Crippen LogP contribution < -0.4 is 0 Å². The number of aliphatic carboxylic acids is 1. The zero-order chi connectivity index (χ0) is 15.3. The number of nitrogens with zero attached hydrogens (tertiary/aromatic N) is 2. The predicted octanol–water partition coefficient (Wildman–Crippen LogP) is 1.82. The fourth-order valence-corrected chi connectivity index (χ4v) is 2.78. The Labute approximate surface area is 121 Å². The maximum atomic E-state index is 12.0. The summed E-state index contributed by atoms with van der Waals surface area (Å²) in [6, 6.07) is 0.200. The molecule has 0 bridgehead atoms. The number of carbonyl (C=O) groups excluding carboxylic acids is 1. The van der Waals surface area contributed by atoms with Gasteiger partial charge >= 0.3 is 5.97 Å². The molecule has 1 fully saturated rings. The van der Waals surface area contributed by atoms with Gasteiger partial charge in [0, 0.05) is 13.1 Å². The molecular weight excluding hydrogens is 256 g/mol.